The van der Waals surface area contributed by atoms with E-state index in [4.69, 9.17) is 16.3 Å². The summed E-state index contributed by atoms with van der Waals surface area (Å²) in [5, 5.41) is 10.9. The Morgan fingerprint density at radius 2 is 1.96 bits per heavy atom. The highest BCUT2D eigenvalue weighted by atomic mass is 35.5. The summed E-state index contributed by atoms with van der Waals surface area (Å²) in [5.41, 5.74) is 3.18. The van der Waals surface area contributed by atoms with Crippen molar-refractivity contribution < 1.29 is 14.6 Å². The Morgan fingerprint density at radius 3 is 2.61 bits per heavy atom. The lowest BCUT2D eigenvalue weighted by Gasteiger charge is -2.24. The maximum atomic E-state index is 11.5. The van der Waals surface area contributed by atoms with E-state index >= 15 is 0 Å². The number of hydrogen-bond acceptors (Lipinski definition) is 4. The van der Waals surface area contributed by atoms with E-state index in [2.05, 4.69) is 23.6 Å². The fourth-order valence-electron chi connectivity index (χ4n) is 2.95. The summed E-state index contributed by atoms with van der Waals surface area (Å²) in [7, 11) is 0. The molecule has 4 nitrogen and oxygen atoms in total. The number of benzene rings is 2. The van der Waals surface area contributed by atoms with Gasteiger partial charge in [0.2, 0.25) is 0 Å². The lowest BCUT2D eigenvalue weighted by molar-refractivity contribution is -0.147. The van der Waals surface area contributed by atoms with Gasteiger partial charge in [0.15, 0.2) is 0 Å². The monoisotopic (exact) mass is 401 g/mol. The van der Waals surface area contributed by atoms with Crippen molar-refractivity contribution in [2.24, 2.45) is 0 Å². The van der Waals surface area contributed by atoms with Crippen LogP contribution >= 0.6 is 11.6 Å². The normalized spacial score (nSPS) is 12.0. The SMILES string of the molecule is C=CCN(Cc1ccc(-c2ccccc2Cl)cc1)CC(O)COC(=O)CCC. The summed E-state index contributed by atoms with van der Waals surface area (Å²) in [6.07, 6.45) is 2.18. The van der Waals surface area contributed by atoms with Gasteiger partial charge in [-0.15, -0.1) is 6.58 Å². The van der Waals surface area contributed by atoms with Gasteiger partial charge in [-0.1, -0.05) is 67.1 Å². The molecule has 0 aliphatic rings. The quantitative estimate of drug-likeness (QED) is 0.438. The maximum Gasteiger partial charge on any atom is 0.305 e. The van der Waals surface area contributed by atoms with Crippen molar-refractivity contribution >= 4 is 17.6 Å². The molecule has 0 spiro atoms. The van der Waals surface area contributed by atoms with E-state index in [0.29, 0.717) is 26.1 Å². The Morgan fingerprint density at radius 1 is 1.25 bits per heavy atom. The number of ether oxygens (including phenoxy) is 1. The van der Waals surface area contributed by atoms with Crippen molar-refractivity contribution in [2.75, 3.05) is 19.7 Å². The topological polar surface area (TPSA) is 49.8 Å². The zero-order valence-corrected chi connectivity index (χ0v) is 17.1. The first-order valence-corrected chi connectivity index (χ1v) is 9.92. The minimum Gasteiger partial charge on any atom is -0.463 e. The number of halogens is 1. The molecule has 0 amide bonds. The summed E-state index contributed by atoms with van der Waals surface area (Å²) in [5.74, 6) is -0.271. The minimum absolute atomic E-state index is 0.0118. The highest BCUT2D eigenvalue weighted by molar-refractivity contribution is 6.33. The third-order valence-electron chi connectivity index (χ3n) is 4.29. The number of carbonyl (C=O) groups excluding carboxylic acids is 1. The molecule has 0 aromatic heterocycles. The van der Waals surface area contributed by atoms with Crippen LogP contribution in [0, 0.1) is 0 Å². The number of rotatable bonds is 11. The van der Waals surface area contributed by atoms with Crippen LogP contribution in [0.5, 0.6) is 0 Å². The van der Waals surface area contributed by atoms with Crippen molar-refractivity contribution in [1.82, 2.24) is 4.90 Å². The molecule has 1 unspecified atom stereocenters. The van der Waals surface area contributed by atoms with Gasteiger partial charge < -0.3 is 9.84 Å². The molecule has 2 rings (SSSR count). The molecular weight excluding hydrogens is 374 g/mol. The predicted molar refractivity (Wildman–Crippen MR) is 114 cm³/mol. The summed E-state index contributed by atoms with van der Waals surface area (Å²) in [4.78, 5) is 13.5. The smallest absolute Gasteiger partial charge is 0.305 e. The number of hydrogen-bond donors (Lipinski definition) is 1. The molecule has 0 saturated carbocycles. The van der Waals surface area contributed by atoms with E-state index in [1.54, 1.807) is 6.08 Å². The van der Waals surface area contributed by atoms with Gasteiger partial charge in [0.25, 0.3) is 0 Å². The fraction of sp³-hybridized carbons (Fsp3) is 0.348. The molecule has 0 bridgehead atoms. The molecule has 5 heteroatoms. The summed E-state index contributed by atoms with van der Waals surface area (Å²) >= 11 is 6.27. The molecule has 1 atom stereocenters. The number of nitrogens with zero attached hydrogens (tertiary/aromatic N) is 1. The summed E-state index contributed by atoms with van der Waals surface area (Å²) in [6.45, 7) is 7.41. The van der Waals surface area contributed by atoms with E-state index in [9.17, 15) is 9.90 Å². The minimum atomic E-state index is -0.733. The van der Waals surface area contributed by atoms with Crippen LogP contribution in [0.3, 0.4) is 0 Å². The van der Waals surface area contributed by atoms with E-state index in [0.717, 1.165) is 28.1 Å². The Kier molecular flexibility index (Phi) is 9.21. The highest BCUT2D eigenvalue weighted by Crippen LogP contribution is 2.27. The third-order valence-corrected chi connectivity index (χ3v) is 4.62. The Bertz CT molecular complexity index is 761. The van der Waals surface area contributed by atoms with Crippen molar-refractivity contribution in [3.8, 4) is 11.1 Å². The average Bonchev–Trinajstić information content (AvgIpc) is 2.68. The summed E-state index contributed by atoms with van der Waals surface area (Å²) in [6, 6.07) is 16.0. The van der Waals surface area contributed by atoms with Crippen LogP contribution < -0.4 is 0 Å². The molecule has 2 aromatic carbocycles. The molecule has 2 aromatic rings. The van der Waals surface area contributed by atoms with Crippen LogP contribution in [-0.4, -0.2) is 41.8 Å². The van der Waals surface area contributed by atoms with Crippen molar-refractivity contribution in [2.45, 2.75) is 32.4 Å². The average molecular weight is 402 g/mol. The van der Waals surface area contributed by atoms with Crippen LogP contribution in [0.2, 0.25) is 5.02 Å². The molecule has 0 fully saturated rings. The van der Waals surface area contributed by atoms with E-state index in [1.807, 2.05) is 43.3 Å². The van der Waals surface area contributed by atoms with Crippen LogP contribution in [-0.2, 0) is 16.1 Å². The Hall–Kier alpha value is -2.14. The second-order valence-corrected chi connectivity index (χ2v) is 7.15. The Labute approximate surface area is 172 Å². The molecule has 0 aliphatic carbocycles. The van der Waals surface area contributed by atoms with Crippen molar-refractivity contribution in [3.05, 3.63) is 71.8 Å². The second kappa shape index (κ2) is 11.6. The van der Waals surface area contributed by atoms with Gasteiger partial charge in [0.1, 0.15) is 12.7 Å². The Balaban J connectivity index is 1.95. The maximum absolute atomic E-state index is 11.5. The lowest BCUT2D eigenvalue weighted by Crippen LogP contribution is -2.35. The first-order chi connectivity index (χ1) is 13.5. The van der Waals surface area contributed by atoms with E-state index in [1.165, 1.54) is 0 Å². The van der Waals surface area contributed by atoms with Gasteiger partial charge in [0, 0.05) is 36.6 Å². The number of carbonyl (C=O) groups is 1. The molecule has 1 N–H and O–H groups in total. The van der Waals surface area contributed by atoms with Crippen LogP contribution in [0.4, 0.5) is 0 Å². The molecule has 0 heterocycles. The zero-order valence-electron chi connectivity index (χ0n) is 16.3. The molecule has 150 valence electrons. The van der Waals surface area contributed by atoms with Gasteiger partial charge in [-0.2, -0.15) is 0 Å². The molecule has 0 aliphatic heterocycles. The van der Waals surface area contributed by atoms with Gasteiger partial charge in [0.05, 0.1) is 0 Å². The van der Waals surface area contributed by atoms with Gasteiger partial charge in [-0.25, -0.2) is 0 Å². The van der Waals surface area contributed by atoms with Crippen LogP contribution in [0.25, 0.3) is 11.1 Å². The van der Waals surface area contributed by atoms with Crippen LogP contribution in [0.15, 0.2) is 61.2 Å². The first kappa shape index (κ1) is 22.2. The molecular formula is C23H28ClNO3. The van der Waals surface area contributed by atoms with Crippen molar-refractivity contribution in [1.29, 1.82) is 0 Å². The first-order valence-electron chi connectivity index (χ1n) is 9.54. The zero-order chi connectivity index (χ0) is 20.4. The fourth-order valence-corrected chi connectivity index (χ4v) is 3.19. The largest absolute Gasteiger partial charge is 0.463 e. The van der Waals surface area contributed by atoms with E-state index in [-0.39, 0.29) is 12.6 Å². The van der Waals surface area contributed by atoms with E-state index < -0.39 is 6.10 Å². The highest BCUT2D eigenvalue weighted by Gasteiger charge is 2.14. The summed E-state index contributed by atoms with van der Waals surface area (Å²) < 4.78 is 5.10. The van der Waals surface area contributed by atoms with Gasteiger partial charge >= 0.3 is 5.97 Å². The van der Waals surface area contributed by atoms with Crippen LogP contribution in [0.1, 0.15) is 25.3 Å². The standard InChI is InChI=1S/C23H28ClNO3/c1-3-7-23(27)28-17-20(26)16-25(14-4-2)15-18-10-12-19(13-11-18)21-8-5-6-9-22(21)24/h4-6,8-13,20,26H,2-3,7,14-17H2,1H3. The third kappa shape index (κ3) is 7.12. The molecule has 0 saturated heterocycles. The predicted octanol–water partition coefficient (Wildman–Crippen LogP) is 4.70. The number of aliphatic hydroxyl groups is 1. The number of aliphatic hydroxyl groups excluding tert-OH is 1. The van der Waals surface area contributed by atoms with Crippen molar-refractivity contribution in [3.63, 3.8) is 0 Å². The number of esters is 1. The van der Waals surface area contributed by atoms with Gasteiger partial charge in [-0.3, -0.25) is 9.69 Å². The second-order valence-electron chi connectivity index (χ2n) is 6.75. The molecule has 28 heavy (non-hydrogen) atoms. The van der Waals surface area contributed by atoms with Gasteiger partial charge in [-0.05, 0) is 23.6 Å². The molecule has 0 radical (unpaired) electrons. The lowest BCUT2D eigenvalue weighted by atomic mass is 10.0.